The van der Waals surface area contributed by atoms with Crippen molar-refractivity contribution >= 4 is 23.2 Å². The van der Waals surface area contributed by atoms with E-state index >= 15 is 0 Å². The highest BCUT2D eigenvalue weighted by Gasteiger charge is 2.44. The van der Waals surface area contributed by atoms with Gasteiger partial charge < -0.3 is 19.9 Å². The Balaban J connectivity index is 0.000000370. The number of amides is 1. The number of carboxylic acid groups (broad SMARTS) is 1. The van der Waals surface area contributed by atoms with Gasteiger partial charge in [-0.3, -0.25) is 9.69 Å². The normalized spacial score (nSPS) is 23.9. The van der Waals surface area contributed by atoms with E-state index in [2.05, 4.69) is 10.2 Å². The van der Waals surface area contributed by atoms with Crippen LogP contribution in [0.1, 0.15) is 11.3 Å². The molecule has 1 amide bonds. The predicted octanol–water partition coefficient (Wildman–Crippen LogP) is 1.98. The standard InChI is InChI=1S/C16H24N2O3S.C2HF3O2/c1-20-5-4-18-9-14-12(11-21-15(14)10-18)7-16(19)17-8-13-3-2-6-22-13;3-2(4,5)1(6)7/h2-3,6,12,14-15H,4-5,7-11H2,1H3,(H,17,19);(H,6,7)/t12-,14+,15+;/m0./s1. The Labute approximate surface area is 170 Å². The number of rotatable bonds is 7. The number of hydrogen-bond acceptors (Lipinski definition) is 6. The van der Waals surface area contributed by atoms with Crippen molar-refractivity contribution in [1.82, 2.24) is 10.2 Å². The first-order chi connectivity index (χ1) is 13.7. The van der Waals surface area contributed by atoms with E-state index in [0.29, 0.717) is 30.9 Å². The van der Waals surface area contributed by atoms with Crippen molar-refractivity contribution in [3.63, 3.8) is 0 Å². The molecule has 0 spiro atoms. The second-order valence-electron chi connectivity index (χ2n) is 6.91. The molecule has 2 aliphatic heterocycles. The number of nitrogens with zero attached hydrogens (tertiary/aromatic N) is 1. The number of alkyl halides is 3. The maximum atomic E-state index is 12.1. The van der Waals surface area contributed by atoms with Gasteiger partial charge in [0.05, 0.1) is 25.9 Å². The highest BCUT2D eigenvalue weighted by atomic mass is 32.1. The van der Waals surface area contributed by atoms with Crippen LogP contribution in [-0.2, 0) is 25.6 Å². The zero-order valence-electron chi connectivity index (χ0n) is 16.0. The average Bonchev–Trinajstić information content (AvgIpc) is 3.37. The summed E-state index contributed by atoms with van der Waals surface area (Å²) < 4.78 is 42.8. The molecule has 1 aromatic rings. The van der Waals surface area contributed by atoms with Gasteiger partial charge in [-0.15, -0.1) is 11.3 Å². The summed E-state index contributed by atoms with van der Waals surface area (Å²) in [5.74, 6) is -1.78. The summed E-state index contributed by atoms with van der Waals surface area (Å²) in [4.78, 5) is 24.6. The molecule has 29 heavy (non-hydrogen) atoms. The molecule has 3 rings (SSSR count). The number of hydrogen-bond donors (Lipinski definition) is 2. The fourth-order valence-electron chi connectivity index (χ4n) is 3.40. The molecule has 2 N–H and O–H groups in total. The van der Waals surface area contributed by atoms with Crippen LogP contribution in [0.5, 0.6) is 0 Å². The zero-order valence-corrected chi connectivity index (χ0v) is 16.8. The SMILES string of the molecule is COCCN1C[C@@H]2[C@@H](CC(=O)NCc3cccs3)CO[C@@H]2C1.O=C(O)C(F)(F)F. The summed E-state index contributed by atoms with van der Waals surface area (Å²) >= 11 is 1.67. The third-order valence-electron chi connectivity index (χ3n) is 4.86. The van der Waals surface area contributed by atoms with Gasteiger partial charge in [-0.2, -0.15) is 13.2 Å². The summed E-state index contributed by atoms with van der Waals surface area (Å²) in [6, 6.07) is 4.05. The van der Waals surface area contributed by atoms with Gasteiger partial charge in [0, 0.05) is 44.0 Å². The van der Waals surface area contributed by atoms with Crippen molar-refractivity contribution in [2.45, 2.75) is 25.2 Å². The second-order valence-corrected chi connectivity index (χ2v) is 7.94. The molecule has 0 aromatic carbocycles. The number of nitrogens with one attached hydrogen (secondary N) is 1. The van der Waals surface area contributed by atoms with Gasteiger partial charge in [0.15, 0.2) is 0 Å². The molecule has 0 radical (unpaired) electrons. The van der Waals surface area contributed by atoms with Crippen molar-refractivity contribution in [3.8, 4) is 0 Å². The summed E-state index contributed by atoms with van der Waals surface area (Å²) in [6.45, 7) is 5.06. The molecule has 3 heterocycles. The average molecular weight is 438 g/mol. The maximum Gasteiger partial charge on any atom is 0.490 e. The minimum Gasteiger partial charge on any atom is -0.475 e. The molecule has 164 valence electrons. The molecule has 0 aliphatic carbocycles. The van der Waals surface area contributed by atoms with Crippen LogP contribution >= 0.6 is 11.3 Å². The van der Waals surface area contributed by atoms with Gasteiger partial charge >= 0.3 is 12.1 Å². The van der Waals surface area contributed by atoms with Crippen LogP contribution in [0.4, 0.5) is 13.2 Å². The first-order valence-corrected chi connectivity index (χ1v) is 10.0. The molecule has 0 bridgehead atoms. The van der Waals surface area contributed by atoms with Gasteiger partial charge in [0.25, 0.3) is 0 Å². The Morgan fingerprint density at radius 3 is 2.72 bits per heavy atom. The Morgan fingerprint density at radius 2 is 2.14 bits per heavy atom. The van der Waals surface area contributed by atoms with Crippen LogP contribution in [0.2, 0.25) is 0 Å². The summed E-state index contributed by atoms with van der Waals surface area (Å²) in [5.41, 5.74) is 0. The van der Waals surface area contributed by atoms with E-state index in [-0.39, 0.29) is 5.91 Å². The van der Waals surface area contributed by atoms with Gasteiger partial charge in [0.2, 0.25) is 5.91 Å². The fraction of sp³-hybridized carbons (Fsp3) is 0.667. The molecule has 3 atom stereocenters. The molecule has 1 aromatic heterocycles. The lowest BCUT2D eigenvalue weighted by Crippen LogP contribution is -2.30. The van der Waals surface area contributed by atoms with Gasteiger partial charge in [0.1, 0.15) is 0 Å². The van der Waals surface area contributed by atoms with E-state index in [1.165, 1.54) is 4.88 Å². The van der Waals surface area contributed by atoms with E-state index in [4.69, 9.17) is 19.4 Å². The molecular formula is C18H25F3N2O5S. The monoisotopic (exact) mass is 438 g/mol. The number of carboxylic acids is 1. The number of fused-ring (bicyclic) bond motifs is 1. The predicted molar refractivity (Wildman–Crippen MR) is 99.5 cm³/mol. The zero-order chi connectivity index (χ0) is 21.4. The molecule has 11 heteroatoms. The first kappa shape index (κ1) is 23.6. The number of thiophene rings is 1. The minimum absolute atomic E-state index is 0.137. The smallest absolute Gasteiger partial charge is 0.475 e. The van der Waals surface area contributed by atoms with Crippen LogP contribution < -0.4 is 5.32 Å². The van der Waals surface area contributed by atoms with Crippen molar-refractivity contribution < 1.29 is 37.3 Å². The Kier molecular flexibility index (Phi) is 8.87. The van der Waals surface area contributed by atoms with Crippen molar-refractivity contribution in [2.24, 2.45) is 11.8 Å². The molecule has 2 aliphatic rings. The van der Waals surface area contributed by atoms with Crippen molar-refractivity contribution in [1.29, 1.82) is 0 Å². The Bertz CT molecular complexity index is 656. The number of methoxy groups -OCH3 is 1. The molecule has 2 fully saturated rings. The molecular weight excluding hydrogens is 413 g/mol. The first-order valence-electron chi connectivity index (χ1n) is 9.12. The Hall–Kier alpha value is -1.69. The van der Waals surface area contributed by atoms with E-state index in [0.717, 1.165) is 32.8 Å². The van der Waals surface area contributed by atoms with Crippen LogP contribution in [0.3, 0.4) is 0 Å². The quantitative estimate of drug-likeness (QED) is 0.677. The number of likely N-dealkylation sites (tertiary alicyclic amines) is 1. The lowest BCUT2D eigenvalue weighted by Gasteiger charge is -2.19. The van der Waals surface area contributed by atoms with Gasteiger partial charge in [-0.1, -0.05) is 6.07 Å². The van der Waals surface area contributed by atoms with E-state index in [9.17, 15) is 18.0 Å². The Morgan fingerprint density at radius 1 is 1.41 bits per heavy atom. The van der Waals surface area contributed by atoms with E-state index < -0.39 is 12.1 Å². The molecule has 0 saturated carbocycles. The third-order valence-corrected chi connectivity index (χ3v) is 5.73. The lowest BCUT2D eigenvalue weighted by molar-refractivity contribution is -0.192. The van der Waals surface area contributed by atoms with Crippen LogP contribution in [0.25, 0.3) is 0 Å². The maximum absolute atomic E-state index is 12.1. The molecule has 0 unspecified atom stereocenters. The molecule has 7 nitrogen and oxygen atoms in total. The fourth-order valence-corrected chi connectivity index (χ4v) is 4.05. The number of carbonyl (C=O) groups excluding carboxylic acids is 1. The third kappa shape index (κ3) is 7.57. The van der Waals surface area contributed by atoms with Crippen LogP contribution in [-0.4, -0.2) is 74.1 Å². The lowest BCUT2D eigenvalue weighted by atomic mass is 9.90. The number of ether oxygens (including phenoxy) is 2. The number of carbonyl (C=O) groups is 2. The minimum atomic E-state index is -5.08. The summed E-state index contributed by atoms with van der Waals surface area (Å²) in [6.07, 6.45) is -4.21. The number of aliphatic carboxylic acids is 1. The van der Waals surface area contributed by atoms with Gasteiger partial charge in [-0.25, -0.2) is 4.79 Å². The highest BCUT2D eigenvalue weighted by molar-refractivity contribution is 7.09. The molecule has 2 saturated heterocycles. The summed E-state index contributed by atoms with van der Waals surface area (Å²) in [7, 11) is 1.73. The second kappa shape index (κ2) is 10.9. The van der Waals surface area contributed by atoms with Crippen LogP contribution in [0.15, 0.2) is 17.5 Å². The van der Waals surface area contributed by atoms with Gasteiger partial charge in [-0.05, 0) is 17.4 Å². The van der Waals surface area contributed by atoms with E-state index in [1.807, 2.05) is 17.5 Å². The van der Waals surface area contributed by atoms with Crippen LogP contribution in [0, 0.1) is 11.8 Å². The topological polar surface area (TPSA) is 88.1 Å². The van der Waals surface area contributed by atoms with E-state index in [1.54, 1.807) is 18.4 Å². The number of halogens is 3. The van der Waals surface area contributed by atoms with Crippen molar-refractivity contribution in [2.75, 3.05) is 40.0 Å². The van der Waals surface area contributed by atoms with Crippen molar-refractivity contribution in [3.05, 3.63) is 22.4 Å². The summed E-state index contributed by atoms with van der Waals surface area (Å²) in [5, 5.41) is 12.2. The largest absolute Gasteiger partial charge is 0.490 e. The highest BCUT2D eigenvalue weighted by Crippen LogP contribution is 2.35.